The molecule has 1 saturated heterocycles. The minimum atomic E-state index is -0.747. The van der Waals surface area contributed by atoms with Crippen LogP contribution in [0.2, 0.25) is 0 Å². The van der Waals surface area contributed by atoms with E-state index in [1.165, 1.54) is 0 Å². The number of hydrogen-bond acceptors (Lipinski definition) is 3. The van der Waals surface area contributed by atoms with Crippen molar-refractivity contribution in [2.45, 2.75) is 19.8 Å². The van der Waals surface area contributed by atoms with Crippen molar-refractivity contribution in [2.75, 3.05) is 13.1 Å². The number of aliphatic carboxylic acids is 1. The highest BCUT2D eigenvalue weighted by Crippen LogP contribution is 2.24. The van der Waals surface area contributed by atoms with Crippen molar-refractivity contribution in [3.05, 3.63) is 34.9 Å². The Bertz CT molecular complexity index is 484. The first-order valence-corrected chi connectivity index (χ1v) is 6.59. The fraction of sp³-hybridized carbons (Fsp3) is 0.467. The van der Waals surface area contributed by atoms with Crippen molar-refractivity contribution < 1.29 is 14.7 Å². The number of carboxylic acid groups (broad SMARTS) is 1. The quantitative estimate of drug-likeness (QED) is 0.817. The monoisotopic (exact) mass is 297 g/mol. The van der Waals surface area contributed by atoms with Crippen molar-refractivity contribution in [1.82, 2.24) is 5.32 Å². The maximum Gasteiger partial charge on any atom is 0.307 e. The topological polar surface area (TPSA) is 66.4 Å². The zero-order chi connectivity index (χ0) is 13.8. The van der Waals surface area contributed by atoms with E-state index in [-0.39, 0.29) is 24.2 Å². The van der Waals surface area contributed by atoms with Crippen LogP contribution in [0.25, 0.3) is 0 Å². The maximum atomic E-state index is 11.4. The summed E-state index contributed by atoms with van der Waals surface area (Å²) in [5.41, 5.74) is 2.54. The highest BCUT2D eigenvalue weighted by atomic mass is 35.5. The van der Waals surface area contributed by atoms with E-state index in [1.807, 2.05) is 19.1 Å². The number of aldehydes is 1. The average Bonchev–Trinajstić information content (AvgIpc) is 2.88. The van der Waals surface area contributed by atoms with Crippen LogP contribution in [0, 0.1) is 18.8 Å². The number of carbonyl (C=O) groups is 2. The molecule has 1 aromatic rings. The van der Waals surface area contributed by atoms with Crippen LogP contribution >= 0.6 is 12.4 Å². The molecule has 0 bridgehead atoms. The fourth-order valence-electron chi connectivity index (χ4n) is 2.81. The van der Waals surface area contributed by atoms with Gasteiger partial charge in [-0.15, -0.1) is 12.4 Å². The zero-order valence-electron chi connectivity index (χ0n) is 11.5. The van der Waals surface area contributed by atoms with Gasteiger partial charge in [0, 0.05) is 5.56 Å². The summed E-state index contributed by atoms with van der Waals surface area (Å²) in [7, 11) is 0. The van der Waals surface area contributed by atoms with E-state index < -0.39 is 5.97 Å². The Morgan fingerprint density at radius 3 is 2.80 bits per heavy atom. The molecule has 1 heterocycles. The van der Waals surface area contributed by atoms with Crippen LogP contribution in [-0.2, 0) is 11.2 Å². The van der Waals surface area contributed by atoms with Crippen LogP contribution in [0.1, 0.15) is 27.9 Å². The van der Waals surface area contributed by atoms with Gasteiger partial charge in [0.15, 0.2) is 0 Å². The van der Waals surface area contributed by atoms with Gasteiger partial charge in [-0.25, -0.2) is 0 Å². The Labute approximate surface area is 125 Å². The normalized spacial score (nSPS) is 19.1. The minimum absolute atomic E-state index is 0. The van der Waals surface area contributed by atoms with Gasteiger partial charge in [-0.3, -0.25) is 9.59 Å². The van der Waals surface area contributed by atoms with Crippen LogP contribution in [0.4, 0.5) is 0 Å². The van der Waals surface area contributed by atoms with Crippen LogP contribution < -0.4 is 5.32 Å². The lowest BCUT2D eigenvalue weighted by molar-refractivity contribution is -0.143. The lowest BCUT2D eigenvalue weighted by Crippen LogP contribution is -2.27. The first-order chi connectivity index (χ1) is 9.10. The van der Waals surface area contributed by atoms with Gasteiger partial charge in [-0.1, -0.05) is 11.6 Å². The molecule has 1 aromatic carbocycles. The Morgan fingerprint density at radius 2 is 2.25 bits per heavy atom. The number of hydrogen-bond donors (Lipinski definition) is 2. The highest BCUT2D eigenvalue weighted by molar-refractivity contribution is 5.85. The van der Waals surface area contributed by atoms with E-state index in [0.717, 1.165) is 36.9 Å². The molecule has 5 heteroatoms. The predicted molar refractivity (Wildman–Crippen MR) is 79.6 cm³/mol. The molecule has 110 valence electrons. The van der Waals surface area contributed by atoms with E-state index in [0.29, 0.717) is 12.0 Å². The summed E-state index contributed by atoms with van der Waals surface area (Å²) in [4.78, 5) is 22.3. The molecule has 0 aromatic heterocycles. The number of nitrogens with one attached hydrogen (secondary N) is 1. The SMILES string of the molecule is Cc1cc(C=O)cc(C[C@H](C(=O)O)[C@H]2CCNC2)c1.Cl. The number of aryl methyl sites for hydroxylation is 1. The highest BCUT2D eigenvalue weighted by Gasteiger charge is 2.30. The summed E-state index contributed by atoms with van der Waals surface area (Å²) in [5, 5.41) is 12.6. The zero-order valence-corrected chi connectivity index (χ0v) is 12.3. The molecule has 2 N–H and O–H groups in total. The molecular formula is C15H20ClNO3. The van der Waals surface area contributed by atoms with Crippen molar-refractivity contribution >= 4 is 24.7 Å². The summed E-state index contributed by atoms with van der Waals surface area (Å²) in [6, 6.07) is 5.56. The third-order valence-corrected chi connectivity index (χ3v) is 3.74. The average molecular weight is 298 g/mol. The molecule has 4 nitrogen and oxygen atoms in total. The molecule has 0 radical (unpaired) electrons. The van der Waals surface area contributed by atoms with Crippen molar-refractivity contribution in [3.63, 3.8) is 0 Å². The van der Waals surface area contributed by atoms with Crippen LogP contribution in [-0.4, -0.2) is 30.5 Å². The van der Waals surface area contributed by atoms with Gasteiger partial charge < -0.3 is 10.4 Å². The van der Waals surface area contributed by atoms with E-state index in [2.05, 4.69) is 5.32 Å². The molecule has 2 atom stereocenters. The number of halogens is 1. The number of carbonyl (C=O) groups excluding carboxylic acids is 1. The summed E-state index contributed by atoms with van der Waals surface area (Å²) in [6.07, 6.45) is 2.21. The Morgan fingerprint density at radius 1 is 1.50 bits per heavy atom. The largest absolute Gasteiger partial charge is 0.481 e. The molecule has 20 heavy (non-hydrogen) atoms. The molecule has 0 saturated carbocycles. The van der Waals surface area contributed by atoms with Crippen LogP contribution in [0.3, 0.4) is 0 Å². The van der Waals surface area contributed by atoms with E-state index in [1.54, 1.807) is 6.07 Å². The smallest absolute Gasteiger partial charge is 0.307 e. The van der Waals surface area contributed by atoms with Gasteiger partial charge >= 0.3 is 5.97 Å². The van der Waals surface area contributed by atoms with Crippen LogP contribution in [0.5, 0.6) is 0 Å². The fourth-order valence-corrected chi connectivity index (χ4v) is 2.81. The van der Waals surface area contributed by atoms with Gasteiger partial charge in [0.2, 0.25) is 0 Å². The standard InChI is InChI=1S/C15H19NO3.ClH/c1-10-4-11(6-12(5-10)9-17)7-14(15(18)19)13-2-3-16-8-13;/h4-6,9,13-14,16H,2-3,7-8H2,1H3,(H,18,19);1H/t13-,14-;/m0./s1. The second kappa shape index (κ2) is 7.41. The van der Waals surface area contributed by atoms with Crippen molar-refractivity contribution in [1.29, 1.82) is 0 Å². The molecular weight excluding hydrogens is 278 g/mol. The predicted octanol–water partition coefficient (Wildman–Crippen LogP) is 2.08. The molecule has 0 spiro atoms. The second-order valence-electron chi connectivity index (χ2n) is 5.27. The first kappa shape index (κ1) is 16.7. The summed E-state index contributed by atoms with van der Waals surface area (Å²) in [5.74, 6) is -0.947. The van der Waals surface area contributed by atoms with Crippen LogP contribution in [0.15, 0.2) is 18.2 Å². The van der Waals surface area contributed by atoms with E-state index >= 15 is 0 Å². The summed E-state index contributed by atoms with van der Waals surface area (Å²) >= 11 is 0. The number of benzene rings is 1. The molecule has 0 amide bonds. The van der Waals surface area contributed by atoms with E-state index in [9.17, 15) is 14.7 Å². The molecule has 0 aliphatic carbocycles. The summed E-state index contributed by atoms with van der Waals surface area (Å²) in [6.45, 7) is 3.58. The Hall–Kier alpha value is -1.39. The lowest BCUT2D eigenvalue weighted by atomic mass is 9.85. The number of rotatable bonds is 5. The summed E-state index contributed by atoms with van der Waals surface area (Å²) < 4.78 is 0. The van der Waals surface area contributed by atoms with Crippen molar-refractivity contribution in [2.24, 2.45) is 11.8 Å². The van der Waals surface area contributed by atoms with Crippen molar-refractivity contribution in [3.8, 4) is 0 Å². The lowest BCUT2D eigenvalue weighted by Gasteiger charge is -2.19. The van der Waals surface area contributed by atoms with E-state index in [4.69, 9.17) is 0 Å². The van der Waals surface area contributed by atoms with Gasteiger partial charge in [-0.2, -0.15) is 0 Å². The second-order valence-corrected chi connectivity index (χ2v) is 5.27. The maximum absolute atomic E-state index is 11.4. The molecule has 0 unspecified atom stereocenters. The molecule has 1 aliphatic rings. The molecule has 1 fully saturated rings. The third-order valence-electron chi connectivity index (χ3n) is 3.74. The number of carboxylic acids is 1. The van der Waals surface area contributed by atoms with Gasteiger partial charge in [0.25, 0.3) is 0 Å². The first-order valence-electron chi connectivity index (χ1n) is 6.59. The molecule has 1 aliphatic heterocycles. The Kier molecular flexibility index (Phi) is 6.17. The van der Waals surface area contributed by atoms with Gasteiger partial charge in [0.05, 0.1) is 5.92 Å². The third kappa shape index (κ3) is 4.05. The van der Waals surface area contributed by atoms with Gasteiger partial charge in [-0.05, 0) is 56.5 Å². The Balaban J connectivity index is 0.00000200. The molecule has 2 rings (SSSR count). The minimum Gasteiger partial charge on any atom is -0.481 e. The van der Waals surface area contributed by atoms with Gasteiger partial charge in [0.1, 0.15) is 6.29 Å².